The third kappa shape index (κ3) is 3.05. The molecule has 0 N–H and O–H groups in total. The fourth-order valence-electron chi connectivity index (χ4n) is 2.38. The molecule has 0 saturated carbocycles. The minimum atomic E-state index is -0.167. The van der Waals surface area contributed by atoms with Crippen molar-refractivity contribution in [2.75, 3.05) is 6.26 Å². The normalized spacial score (nSPS) is 11.0. The molecule has 3 heterocycles. The van der Waals surface area contributed by atoms with Crippen molar-refractivity contribution in [3.8, 4) is 0 Å². The van der Waals surface area contributed by atoms with Crippen molar-refractivity contribution >= 4 is 52.5 Å². The van der Waals surface area contributed by atoms with E-state index in [0.29, 0.717) is 33.0 Å². The van der Waals surface area contributed by atoms with Gasteiger partial charge in [-0.2, -0.15) is 5.10 Å². The summed E-state index contributed by atoms with van der Waals surface area (Å²) in [5.41, 5.74) is 1.83. The molecule has 24 heavy (non-hydrogen) atoms. The third-order valence-electron chi connectivity index (χ3n) is 3.53. The summed E-state index contributed by atoms with van der Waals surface area (Å²) in [6, 6.07) is 5.11. The highest BCUT2D eigenvalue weighted by molar-refractivity contribution is 7.98. The Morgan fingerprint density at radius 3 is 2.62 bits per heavy atom. The molecule has 0 fully saturated rings. The summed E-state index contributed by atoms with van der Waals surface area (Å²) < 4.78 is 1.59. The van der Waals surface area contributed by atoms with Gasteiger partial charge in [-0.15, -0.1) is 11.8 Å². The van der Waals surface area contributed by atoms with E-state index in [1.54, 1.807) is 22.7 Å². The molecule has 0 spiro atoms. The number of aldehydes is 1. The van der Waals surface area contributed by atoms with E-state index in [4.69, 9.17) is 23.2 Å². The molecule has 0 atom stereocenters. The molecule has 0 saturated heterocycles. The highest BCUT2D eigenvalue weighted by atomic mass is 35.5. The smallest absolute Gasteiger partial charge is 0.170 e. The molecule has 0 amide bonds. The van der Waals surface area contributed by atoms with Crippen LogP contribution in [0.25, 0.3) is 5.52 Å². The summed E-state index contributed by atoms with van der Waals surface area (Å²) in [6.07, 6.45) is 5.49. The minimum Gasteiger partial charge on any atom is -0.296 e. The van der Waals surface area contributed by atoms with Crippen LogP contribution < -0.4 is 0 Å². The molecule has 0 unspecified atom stereocenters. The van der Waals surface area contributed by atoms with Crippen LogP contribution in [-0.4, -0.2) is 32.9 Å². The van der Waals surface area contributed by atoms with E-state index in [1.165, 1.54) is 24.2 Å². The van der Waals surface area contributed by atoms with Crippen molar-refractivity contribution in [2.24, 2.45) is 0 Å². The van der Waals surface area contributed by atoms with Gasteiger partial charge >= 0.3 is 0 Å². The molecule has 3 aromatic rings. The van der Waals surface area contributed by atoms with Gasteiger partial charge in [0.1, 0.15) is 5.69 Å². The molecule has 0 aliphatic rings. The Kier molecular flexibility index (Phi) is 4.89. The second-order valence-corrected chi connectivity index (χ2v) is 6.60. The van der Waals surface area contributed by atoms with Gasteiger partial charge in [0.25, 0.3) is 0 Å². The number of rotatable bonds is 5. The molecule has 0 aliphatic carbocycles. The van der Waals surface area contributed by atoms with Crippen molar-refractivity contribution < 1.29 is 9.59 Å². The Bertz CT molecular complexity index is 936. The van der Waals surface area contributed by atoms with E-state index in [9.17, 15) is 9.59 Å². The first-order chi connectivity index (χ1) is 11.5. The lowest BCUT2D eigenvalue weighted by molar-refractivity contribution is 0.0993. The number of ketones is 1. The molecule has 3 aromatic heterocycles. The zero-order valence-corrected chi connectivity index (χ0v) is 14.8. The van der Waals surface area contributed by atoms with Gasteiger partial charge in [-0.3, -0.25) is 14.6 Å². The van der Waals surface area contributed by atoms with Crippen LogP contribution in [0.1, 0.15) is 26.4 Å². The Labute approximate surface area is 152 Å². The number of Topliss-reactive ketones (excluding diaryl/α,β-unsaturated/α-hetero) is 1. The van der Waals surface area contributed by atoms with Gasteiger partial charge in [0.05, 0.1) is 20.6 Å². The van der Waals surface area contributed by atoms with Gasteiger partial charge in [0.15, 0.2) is 12.1 Å². The van der Waals surface area contributed by atoms with Crippen LogP contribution in [0.5, 0.6) is 0 Å². The molecule has 8 heteroatoms. The minimum absolute atomic E-state index is 0.0378. The van der Waals surface area contributed by atoms with E-state index in [2.05, 4.69) is 10.1 Å². The Morgan fingerprint density at radius 2 is 2.00 bits per heavy atom. The van der Waals surface area contributed by atoms with Crippen LogP contribution in [0, 0.1) is 0 Å². The maximum atomic E-state index is 12.8. The fourth-order valence-corrected chi connectivity index (χ4v) is 3.39. The molecule has 5 nitrogen and oxygen atoms in total. The number of aromatic nitrogens is 3. The fraction of sp³-hybridized carbons (Fsp3) is 0.125. The maximum absolute atomic E-state index is 12.8. The number of thioether (sulfide) groups is 1. The predicted molar refractivity (Wildman–Crippen MR) is 94.7 cm³/mol. The van der Waals surface area contributed by atoms with Crippen LogP contribution in [0.4, 0.5) is 0 Å². The summed E-state index contributed by atoms with van der Waals surface area (Å²) in [5, 5.41) is 5.71. The average Bonchev–Trinajstić information content (AvgIpc) is 3.01. The van der Waals surface area contributed by atoms with E-state index in [0.717, 1.165) is 5.03 Å². The Morgan fingerprint density at radius 1 is 1.29 bits per heavy atom. The second-order valence-electron chi connectivity index (χ2n) is 4.96. The first kappa shape index (κ1) is 17.0. The van der Waals surface area contributed by atoms with Gasteiger partial charge < -0.3 is 0 Å². The van der Waals surface area contributed by atoms with Gasteiger partial charge in [0.2, 0.25) is 0 Å². The first-order valence-electron chi connectivity index (χ1n) is 6.88. The quantitative estimate of drug-likeness (QED) is 0.380. The topological polar surface area (TPSA) is 64.3 Å². The number of hydrogen-bond acceptors (Lipinski definition) is 5. The molecule has 3 rings (SSSR count). The first-order valence-corrected chi connectivity index (χ1v) is 8.86. The van der Waals surface area contributed by atoms with Gasteiger partial charge in [0, 0.05) is 29.9 Å². The van der Waals surface area contributed by atoms with Crippen molar-refractivity contribution in [3.63, 3.8) is 0 Å². The molecule has 122 valence electrons. The maximum Gasteiger partial charge on any atom is 0.170 e. The van der Waals surface area contributed by atoms with E-state index >= 15 is 0 Å². The SMILES string of the molecule is CSc1ccc(C(=O)Cc2c(Cl)cncc2Cl)c2cc(C=O)nn12. The van der Waals surface area contributed by atoms with E-state index in [-0.39, 0.29) is 17.9 Å². The largest absolute Gasteiger partial charge is 0.296 e. The van der Waals surface area contributed by atoms with Crippen LogP contribution in [-0.2, 0) is 6.42 Å². The summed E-state index contributed by atoms with van der Waals surface area (Å²) in [7, 11) is 0. The van der Waals surface area contributed by atoms with Crippen molar-refractivity contribution in [1.82, 2.24) is 14.6 Å². The molecule has 0 aromatic carbocycles. The third-order valence-corrected chi connectivity index (χ3v) is 4.90. The predicted octanol–water partition coefficient (Wildman–Crippen LogP) is 4.00. The van der Waals surface area contributed by atoms with Crippen molar-refractivity contribution in [1.29, 1.82) is 0 Å². The van der Waals surface area contributed by atoms with Crippen LogP contribution in [0.3, 0.4) is 0 Å². The highest BCUT2D eigenvalue weighted by Crippen LogP contribution is 2.27. The molecule has 0 bridgehead atoms. The van der Waals surface area contributed by atoms with E-state index in [1.807, 2.05) is 6.26 Å². The van der Waals surface area contributed by atoms with E-state index < -0.39 is 0 Å². The lowest BCUT2D eigenvalue weighted by Crippen LogP contribution is -2.08. The second kappa shape index (κ2) is 6.93. The Hall–Kier alpha value is -1.89. The molecule has 0 radical (unpaired) electrons. The number of halogens is 2. The zero-order chi connectivity index (χ0) is 17.3. The summed E-state index contributed by atoms with van der Waals surface area (Å²) in [6.45, 7) is 0. The lowest BCUT2D eigenvalue weighted by atomic mass is 10.0. The van der Waals surface area contributed by atoms with Gasteiger partial charge in [-0.1, -0.05) is 23.2 Å². The van der Waals surface area contributed by atoms with Crippen LogP contribution in [0.15, 0.2) is 35.6 Å². The summed E-state index contributed by atoms with van der Waals surface area (Å²) in [4.78, 5) is 27.7. The number of carbonyl (C=O) groups excluding carboxylic acids is 2. The number of carbonyl (C=O) groups is 2. The average molecular weight is 380 g/mol. The number of pyridine rings is 2. The van der Waals surface area contributed by atoms with Gasteiger partial charge in [-0.25, -0.2) is 4.52 Å². The zero-order valence-electron chi connectivity index (χ0n) is 12.5. The summed E-state index contributed by atoms with van der Waals surface area (Å²) >= 11 is 13.6. The highest BCUT2D eigenvalue weighted by Gasteiger charge is 2.18. The Balaban J connectivity index is 2.07. The molecular formula is C16H11Cl2N3O2S. The molecule has 0 aliphatic heterocycles. The van der Waals surface area contributed by atoms with Crippen molar-refractivity contribution in [2.45, 2.75) is 11.4 Å². The monoisotopic (exact) mass is 379 g/mol. The summed E-state index contributed by atoms with van der Waals surface area (Å²) in [5.74, 6) is -0.167. The standard InChI is InChI=1S/C16H11Cl2N3O2S/c1-24-16-3-2-10(14-4-9(8-22)20-21(14)16)15(23)5-11-12(17)6-19-7-13(11)18/h2-4,6-8H,5H2,1H3. The van der Waals surface area contributed by atoms with Crippen LogP contribution in [0.2, 0.25) is 10.0 Å². The van der Waals surface area contributed by atoms with Crippen molar-refractivity contribution in [3.05, 3.63) is 57.5 Å². The van der Waals surface area contributed by atoms with Crippen LogP contribution >= 0.6 is 35.0 Å². The number of fused-ring (bicyclic) bond motifs is 1. The number of hydrogen-bond donors (Lipinski definition) is 0. The lowest BCUT2D eigenvalue weighted by Gasteiger charge is -2.08. The number of nitrogens with zero attached hydrogens (tertiary/aromatic N) is 3. The van der Waals surface area contributed by atoms with Gasteiger partial charge in [-0.05, 0) is 24.5 Å². The molecular weight excluding hydrogens is 369 g/mol.